The summed E-state index contributed by atoms with van der Waals surface area (Å²) < 4.78 is 33.9. The van der Waals surface area contributed by atoms with Crippen molar-refractivity contribution >= 4 is 11.8 Å². The second kappa shape index (κ2) is 11.9. The summed E-state index contributed by atoms with van der Waals surface area (Å²) in [5.74, 6) is -2.10. The van der Waals surface area contributed by atoms with Crippen LogP contribution in [0.15, 0.2) is 78.9 Å². The Labute approximate surface area is 198 Å². The first-order chi connectivity index (χ1) is 16.3. The molecule has 0 aliphatic rings. The van der Waals surface area contributed by atoms with E-state index in [2.05, 4.69) is 5.32 Å². The number of halogens is 2. The van der Waals surface area contributed by atoms with Crippen molar-refractivity contribution in [3.63, 3.8) is 0 Å². The van der Waals surface area contributed by atoms with E-state index < -0.39 is 30.2 Å². The number of carbonyl (C=O) groups excluding carboxylic acids is 2. The fraction of sp³-hybridized carbons (Fsp3) is 0.259. The second-order valence-electron chi connectivity index (χ2n) is 8.20. The topological polar surface area (TPSA) is 58.6 Å². The van der Waals surface area contributed by atoms with E-state index >= 15 is 0 Å². The third-order valence-electron chi connectivity index (χ3n) is 5.19. The summed E-state index contributed by atoms with van der Waals surface area (Å²) in [5, 5.41) is 2.85. The summed E-state index contributed by atoms with van der Waals surface area (Å²) in [7, 11) is 0. The lowest BCUT2D eigenvalue weighted by Crippen LogP contribution is -2.53. The predicted octanol–water partition coefficient (Wildman–Crippen LogP) is 4.51. The van der Waals surface area contributed by atoms with Crippen molar-refractivity contribution in [3.8, 4) is 5.75 Å². The molecule has 0 fully saturated rings. The van der Waals surface area contributed by atoms with Crippen molar-refractivity contribution in [3.05, 3.63) is 102 Å². The molecule has 0 aliphatic heterocycles. The molecule has 0 unspecified atom stereocenters. The summed E-state index contributed by atoms with van der Waals surface area (Å²) in [6.45, 7) is 2.99. The van der Waals surface area contributed by atoms with Crippen molar-refractivity contribution in [2.24, 2.45) is 0 Å². The first kappa shape index (κ1) is 24.9. The molecule has 0 bridgehead atoms. The zero-order chi connectivity index (χ0) is 24.5. The first-order valence-corrected chi connectivity index (χ1v) is 11.1. The summed E-state index contributed by atoms with van der Waals surface area (Å²) in [6.07, 6.45) is 0.222. The van der Waals surface area contributed by atoms with E-state index in [0.29, 0.717) is 0 Å². The zero-order valence-electron chi connectivity index (χ0n) is 19.2. The molecule has 0 saturated heterocycles. The Morgan fingerprint density at radius 2 is 1.50 bits per heavy atom. The molecule has 0 radical (unpaired) electrons. The number of amides is 2. The van der Waals surface area contributed by atoms with E-state index in [1.54, 1.807) is 24.3 Å². The molecule has 1 N–H and O–H groups in total. The minimum absolute atomic E-state index is 0.0760. The Bertz CT molecular complexity index is 1110. The van der Waals surface area contributed by atoms with Crippen LogP contribution in [0.2, 0.25) is 0 Å². The Morgan fingerprint density at radius 3 is 2.15 bits per heavy atom. The molecule has 0 aliphatic carbocycles. The van der Waals surface area contributed by atoms with E-state index in [-0.39, 0.29) is 36.2 Å². The lowest BCUT2D eigenvalue weighted by Gasteiger charge is -2.32. The largest absolute Gasteiger partial charge is 0.481 e. The summed E-state index contributed by atoms with van der Waals surface area (Å²) in [6, 6.07) is 20.0. The van der Waals surface area contributed by atoms with E-state index in [1.807, 2.05) is 44.2 Å². The Kier molecular flexibility index (Phi) is 8.73. The van der Waals surface area contributed by atoms with E-state index in [9.17, 15) is 18.4 Å². The van der Waals surface area contributed by atoms with E-state index in [1.165, 1.54) is 29.2 Å². The smallest absolute Gasteiger partial charge is 0.261 e. The molecule has 178 valence electrons. The Morgan fingerprint density at radius 1 is 0.882 bits per heavy atom. The van der Waals surface area contributed by atoms with Crippen molar-refractivity contribution in [2.75, 3.05) is 6.61 Å². The third kappa shape index (κ3) is 6.88. The van der Waals surface area contributed by atoms with Crippen molar-refractivity contribution in [2.45, 2.75) is 38.9 Å². The maximum Gasteiger partial charge on any atom is 0.261 e. The molecule has 2 amide bonds. The van der Waals surface area contributed by atoms with Crippen LogP contribution in [0.5, 0.6) is 5.75 Å². The molecular formula is C27H28F2N2O3. The zero-order valence-corrected chi connectivity index (χ0v) is 19.2. The number of rotatable bonds is 10. The number of hydrogen-bond donors (Lipinski definition) is 1. The molecule has 3 aromatic carbocycles. The average molecular weight is 467 g/mol. The van der Waals surface area contributed by atoms with Gasteiger partial charge in [-0.3, -0.25) is 9.59 Å². The van der Waals surface area contributed by atoms with Gasteiger partial charge < -0.3 is 15.0 Å². The van der Waals surface area contributed by atoms with Crippen molar-refractivity contribution in [1.29, 1.82) is 0 Å². The summed E-state index contributed by atoms with van der Waals surface area (Å²) in [4.78, 5) is 27.8. The highest BCUT2D eigenvalue weighted by Gasteiger charge is 2.31. The summed E-state index contributed by atoms with van der Waals surface area (Å²) >= 11 is 0. The van der Waals surface area contributed by atoms with Gasteiger partial charge >= 0.3 is 0 Å². The van der Waals surface area contributed by atoms with Gasteiger partial charge in [0.05, 0.1) is 0 Å². The molecule has 34 heavy (non-hydrogen) atoms. The number of ether oxygens (including phenoxy) is 1. The van der Waals surface area contributed by atoms with Crippen LogP contribution < -0.4 is 10.1 Å². The van der Waals surface area contributed by atoms with Crippen LogP contribution in [0.1, 0.15) is 25.0 Å². The van der Waals surface area contributed by atoms with Crippen LogP contribution >= 0.6 is 0 Å². The number of nitrogens with zero attached hydrogens (tertiary/aromatic N) is 1. The lowest BCUT2D eigenvalue weighted by atomic mass is 10.0. The van der Waals surface area contributed by atoms with Crippen molar-refractivity contribution < 1.29 is 23.1 Å². The minimum Gasteiger partial charge on any atom is -0.481 e. The molecule has 0 aromatic heterocycles. The number of benzene rings is 3. The Balaban J connectivity index is 1.93. The normalized spacial score (nSPS) is 11.7. The van der Waals surface area contributed by atoms with Crippen LogP contribution in [-0.2, 0) is 22.6 Å². The standard InChI is InChI=1S/C27H28F2N2O3/c1-19(2)30-27(33)24(16-20-10-4-3-5-11-20)31(17-21-12-6-7-13-22(21)28)26(32)18-34-25-15-9-8-14-23(25)29/h3-15,19,24H,16-18H2,1-2H3,(H,30,33)/t24-/m0/s1. The van der Waals surface area contributed by atoms with Crippen molar-refractivity contribution in [1.82, 2.24) is 10.2 Å². The highest BCUT2D eigenvalue weighted by Crippen LogP contribution is 2.19. The monoisotopic (exact) mass is 466 g/mol. The highest BCUT2D eigenvalue weighted by atomic mass is 19.1. The van der Waals surface area contributed by atoms with Crippen LogP contribution in [0.4, 0.5) is 8.78 Å². The lowest BCUT2D eigenvalue weighted by molar-refractivity contribution is -0.143. The van der Waals surface area contributed by atoms with Gasteiger partial charge in [-0.1, -0.05) is 60.7 Å². The van der Waals surface area contributed by atoms with Gasteiger partial charge in [0.1, 0.15) is 11.9 Å². The fourth-order valence-electron chi connectivity index (χ4n) is 3.53. The van der Waals surface area contributed by atoms with Gasteiger partial charge in [-0.15, -0.1) is 0 Å². The number of para-hydroxylation sites is 1. The molecular weight excluding hydrogens is 438 g/mol. The van der Waals surface area contributed by atoms with Gasteiger partial charge in [0.2, 0.25) is 5.91 Å². The molecule has 0 saturated carbocycles. The maximum absolute atomic E-state index is 14.5. The van der Waals surface area contributed by atoms with Gasteiger partial charge in [-0.2, -0.15) is 0 Å². The van der Waals surface area contributed by atoms with Gasteiger partial charge in [0, 0.05) is 24.6 Å². The van der Waals surface area contributed by atoms with Crippen LogP contribution in [0.3, 0.4) is 0 Å². The molecule has 0 heterocycles. The van der Waals surface area contributed by atoms with Gasteiger partial charge in [0.15, 0.2) is 18.2 Å². The maximum atomic E-state index is 14.5. The minimum atomic E-state index is -0.930. The van der Waals surface area contributed by atoms with Gasteiger partial charge in [-0.25, -0.2) is 8.78 Å². The number of nitrogens with one attached hydrogen (secondary N) is 1. The average Bonchev–Trinajstić information content (AvgIpc) is 2.82. The summed E-state index contributed by atoms with van der Waals surface area (Å²) in [5.41, 5.74) is 1.10. The second-order valence-corrected chi connectivity index (χ2v) is 8.20. The third-order valence-corrected chi connectivity index (χ3v) is 5.19. The highest BCUT2D eigenvalue weighted by molar-refractivity contribution is 5.88. The van der Waals surface area contributed by atoms with E-state index in [0.717, 1.165) is 5.56 Å². The van der Waals surface area contributed by atoms with Crippen LogP contribution in [0.25, 0.3) is 0 Å². The number of carbonyl (C=O) groups is 2. The molecule has 0 spiro atoms. The molecule has 1 atom stereocenters. The SMILES string of the molecule is CC(C)NC(=O)[C@H](Cc1ccccc1)N(Cc1ccccc1F)C(=O)COc1ccccc1F. The molecule has 3 aromatic rings. The van der Waals surface area contributed by atoms with Gasteiger partial charge in [0.25, 0.3) is 5.91 Å². The Hall–Kier alpha value is -3.74. The van der Waals surface area contributed by atoms with Crippen LogP contribution in [0, 0.1) is 11.6 Å². The fourth-order valence-corrected chi connectivity index (χ4v) is 3.53. The predicted molar refractivity (Wildman–Crippen MR) is 126 cm³/mol. The molecule has 3 rings (SSSR count). The van der Waals surface area contributed by atoms with E-state index in [4.69, 9.17) is 4.74 Å². The molecule has 7 heteroatoms. The first-order valence-electron chi connectivity index (χ1n) is 11.1. The van der Waals surface area contributed by atoms with Gasteiger partial charge in [-0.05, 0) is 37.6 Å². The van der Waals surface area contributed by atoms with Crippen LogP contribution in [-0.4, -0.2) is 35.4 Å². The number of hydrogen-bond acceptors (Lipinski definition) is 3. The quantitative estimate of drug-likeness (QED) is 0.478. The molecule has 5 nitrogen and oxygen atoms in total.